The van der Waals surface area contributed by atoms with E-state index in [4.69, 9.17) is 9.84 Å². The SMILES string of the molecule is C[C@@H](Oc1ccc(C=Nc2cccc([N+](=O)[O-])c2)cc1)C(=O)O. The molecule has 0 amide bonds. The van der Waals surface area contributed by atoms with Gasteiger partial charge in [-0.2, -0.15) is 0 Å². The number of carbonyl (C=O) groups is 1. The molecule has 0 radical (unpaired) electrons. The van der Waals surface area contributed by atoms with E-state index in [0.29, 0.717) is 11.4 Å². The minimum Gasteiger partial charge on any atom is -0.479 e. The minimum atomic E-state index is -1.04. The van der Waals surface area contributed by atoms with Gasteiger partial charge in [0.05, 0.1) is 10.6 Å². The first-order valence-corrected chi connectivity index (χ1v) is 6.74. The van der Waals surface area contributed by atoms with Crippen LogP contribution in [0.3, 0.4) is 0 Å². The molecule has 0 aliphatic carbocycles. The Hall–Kier alpha value is -3.22. The van der Waals surface area contributed by atoms with Crippen molar-refractivity contribution in [2.75, 3.05) is 0 Å². The number of benzene rings is 2. The molecule has 2 aromatic rings. The summed E-state index contributed by atoms with van der Waals surface area (Å²) in [6, 6.07) is 12.7. The smallest absolute Gasteiger partial charge is 0.344 e. The van der Waals surface area contributed by atoms with Gasteiger partial charge in [-0.1, -0.05) is 6.07 Å². The van der Waals surface area contributed by atoms with Crippen LogP contribution in [0.15, 0.2) is 53.5 Å². The predicted molar refractivity (Wildman–Crippen MR) is 84.5 cm³/mol. The van der Waals surface area contributed by atoms with E-state index in [-0.39, 0.29) is 5.69 Å². The monoisotopic (exact) mass is 314 g/mol. The van der Waals surface area contributed by atoms with Gasteiger partial charge in [0.15, 0.2) is 6.10 Å². The summed E-state index contributed by atoms with van der Waals surface area (Å²) in [5.74, 6) is -0.603. The number of hydrogen-bond acceptors (Lipinski definition) is 5. The van der Waals surface area contributed by atoms with Crippen molar-refractivity contribution in [3.8, 4) is 5.75 Å². The van der Waals surface area contributed by atoms with Crippen LogP contribution in [-0.2, 0) is 4.79 Å². The van der Waals surface area contributed by atoms with Gasteiger partial charge in [-0.15, -0.1) is 0 Å². The number of ether oxygens (including phenoxy) is 1. The van der Waals surface area contributed by atoms with Crippen LogP contribution in [-0.4, -0.2) is 28.3 Å². The van der Waals surface area contributed by atoms with Gasteiger partial charge in [0, 0.05) is 18.3 Å². The first kappa shape index (κ1) is 16.2. The number of nitro groups is 1. The molecule has 7 nitrogen and oxygen atoms in total. The van der Waals surface area contributed by atoms with Crippen molar-refractivity contribution in [2.45, 2.75) is 13.0 Å². The quantitative estimate of drug-likeness (QED) is 0.501. The number of hydrogen-bond donors (Lipinski definition) is 1. The predicted octanol–water partition coefficient (Wildman–Crippen LogP) is 3.20. The fraction of sp³-hybridized carbons (Fsp3) is 0.125. The van der Waals surface area contributed by atoms with E-state index < -0.39 is 17.0 Å². The number of nitrogens with zero attached hydrogens (tertiary/aromatic N) is 2. The van der Waals surface area contributed by atoms with E-state index in [1.54, 1.807) is 42.6 Å². The van der Waals surface area contributed by atoms with Crippen molar-refractivity contribution in [3.05, 3.63) is 64.2 Å². The van der Waals surface area contributed by atoms with Gasteiger partial charge in [-0.05, 0) is 42.8 Å². The number of non-ortho nitro benzene ring substituents is 1. The summed E-state index contributed by atoms with van der Waals surface area (Å²) in [6.45, 7) is 1.44. The molecular weight excluding hydrogens is 300 g/mol. The molecule has 7 heteroatoms. The van der Waals surface area contributed by atoms with Gasteiger partial charge < -0.3 is 9.84 Å². The van der Waals surface area contributed by atoms with E-state index in [2.05, 4.69) is 4.99 Å². The molecule has 0 saturated carbocycles. The maximum absolute atomic E-state index is 10.7. The van der Waals surface area contributed by atoms with Gasteiger partial charge in [0.25, 0.3) is 5.69 Å². The van der Waals surface area contributed by atoms with Crippen LogP contribution >= 0.6 is 0 Å². The number of nitro benzene ring substituents is 1. The molecule has 0 saturated heterocycles. The third kappa shape index (κ3) is 4.63. The van der Waals surface area contributed by atoms with Crippen LogP contribution < -0.4 is 4.74 Å². The van der Waals surface area contributed by atoms with E-state index in [0.717, 1.165) is 5.56 Å². The maximum Gasteiger partial charge on any atom is 0.344 e. The fourth-order valence-corrected chi connectivity index (χ4v) is 1.72. The van der Waals surface area contributed by atoms with Crippen molar-refractivity contribution in [3.63, 3.8) is 0 Å². The van der Waals surface area contributed by atoms with Gasteiger partial charge in [-0.3, -0.25) is 15.1 Å². The lowest BCUT2D eigenvalue weighted by atomic mass is 10.2. The van der Waals surface area contributed by atoms with E-state index in [1.165, 1.54) is 19.1 Å². The summed E-state index contributed by atoms with van der Waals surface area (Å²) in [7, 11) is 0. The molecule has 2 rings (SSSR count). The fourth-order valence-electron chi connectivity index (χ4n) is 1.72. The molecule has 0 heterocycles. The van der Waals surface area contributed by atoms with E-state index in [9.17, 15) is 14.9 Å². The molecule has 0 aromatic heterocycles. The van der Waals surface area contributed by atoms with Crippen molar-refractivity contribution in [2.24, 2.45) is 4.99 Å². The van der Waals surface area contributed by atoms with Gasteiger partial charge in [-0.25, -0.2) is 4.79 Å². The summed E-state index contributed by atoms with van der Waals surface area (Å²) in [6.07, 6.45) is 0.628. The molecule has 0 aliphatic rings. The zero-order valence-electron chi connectivity index (χ0n) is 12.2. The van der Waals surface area contributed by atoms with Gasteiger partial charge >= 0.3 is 5.97 Å². The Bertz CT molecular complexity index is 740. The Kier molecular flexibility index (Phi) is 5.03. The van der Waals surface area contributed by atoms with Crippen molar-refractivity contribution in [1.82, 2.24) is 0 Å². The molecule has 1 N–H and O–H groups in total. The first-order chi connectivity index (χ1) is 11.0. The molecule has 1 atom stereocenters. The largest absolute Gasteiger partial charge is 0.479 e. The number of aliphatic imine (C=N–C) groups is 1. The zero-order chi connectivity index (χ0) is 16.8. The van der Waals surface area contributed by atoms with Crippen LogP contribution in [0.5, 0.6) is 5.75 Å². The van der Waals surface area contributed by atoms with Crippen LogP contribution in [0.2, 0.25) is 0 Å². The van der Waals surface area contributed by atoms with Crippen molar-refractivity contribution < 1.29 is 19.6 Å². The molecular formula is C16H14N2O5. The van der Waals surface area contributed by atoms with Crippen LogP contribution in [0.4, 0.5) is 11.4 Å². The molecule has 118 valence electrons. The zero-order valence-corrected chi connectivity index (χ0v) is 12.2. The summed E-state index contributed by atoms with van der Waals surface area (Å²) < 4.78 is 5.22. The van der Waals surface area contributed by atoms with E-state index >= 15 is 0 Å². The second kappa shape index (κ2) is 7.17. The number of carboxylic acids is 1. The molecule has 23 heavy (non-hydrogen) atoms. The number of aliphatic carboxylic acids is 1. The summed E-state index contributed by atoms with van der Waals surface area (Å²) in [4.78, 5) is 25.1. The molecule has 0 fully saturated rings. The first-order valence-electron chi connectivity index (χ1n) is 6.74. The van der Waals surface area contributed by atoms with E-state index in [1.807, 2.05) is 0 Å². The third-order valence-corrected chi connectivity index (χ3v) is 2.94. The summed E-state index contributed by atoms with van der Waals surface area (Å²) >= 11 is 0. The van der Waals surface area contributed by atoms with Gasteiger partial charge in [0.2, 0.25) is 0 Å². The molecule has 2 aromatic carbocycles. The minimum absolute atomic E-state index is 0.0222. The Morgan fingerprint density at radius 3 is 2.61 bits per heavy atom. The lowest BCUT2D eigenvalue weighted by Gasteiger charge is -2.09. The van der Waals surface area contributed by atoms with Crippen LogP contribution in [0.1, 0.15) is 12.5 Å². The molecule has 0 unspecified atom stereocenters. The van der Waals surface area contributed by atoms with Crippen molar-refractivity contribution >= 4 is 23.6 Å². The summed E-state index contributed by atoms with van der Waals surface area (Å²) in [5, 5.41) is 19.5. The van der Waals surface area contributed by atoms with Crippen LogP contribution in [0, 0.1) is 10.1 Å². The lowest BCUT2D eigenvalue weighted by molar-refractivity contribution is -0.384. The maximum atomic E-state index is 10.7. The summed E-state index contributed by atoms with van der Waals surface area (Å²) in [5.41, 5.74) is 1.21. The molecule has 0 spiro atoms. The Morgan fingerprint density at radius 2 is 2.00 bits per heavy atom. The molecule has 0 aliphatic heterocycles. The Morgan fingerprint density at radius 1 is 1.30 bits per heavy atom. The molecule has 0 bridgehead atoms. The average molecular weight is 314 g/mol. The van der Waals surface area contributed by atoms with Crippen LogP contribution in [0.25, 0.3) is 0 Å². The number of carboxylic acid groups (broad SMARTS) is 1. The van der Waals surface area contributed by atoms with Crippen molar-refractivity contribution in [1.29, 1.82) is 0 Å². The highest BCUT2D eigenvalue weighted by Gasteiger charge is 2.11. The topological polar surface area (TPSA) is 102 Å². The second-order valence-electron chi connectivity index (χ2n) is 4.70. The third-order valence-electron chi connectivity index (χ3n) is 2.94. The Labute approximate surface area is 132 Å². The highest BCUT2D eigenvalue weighted by molar-refractivity contribution is 5.82. The standard InChI is InChI=1S/C16H14N2O5/c1-11(16(19)20)23-15-7-5-12(6-8-15)10-17-13-3-2-4-14(9-13)18(21)22/h2-11H,1H3,(H,19,20)/t11-/m1/s1. The highest BCUT2D eigenvalue weighted by Crippen LogP contribution is 2.20. The average Bonchev–Trinajstić information content (AvgIpc) is 2.54. The highest BCUT2D eigenvalue weighted by atomic mass is 16.6. The van der Waals surface area contributed by atoms with Gasteiger partial charge in [0.1, 0.15) is 5.75 Å². The lowest BCUT2D eigenvalue weighted by Crippen LogP contribution is -2.22. The number of rotatable bonds is 6. The Balaban J connectivity index is 2.07. The normalized spacial score (nSPS) is 12.0. The second-order valence-corrected chi connectivity index (χ2v) is 4.70.